The second-order valence-electron chi connectivity index (χ2n) is 0. The minimum absolute atomic E-state index is 0. The molecule has 0 amide bonds. The van der Waals surface area contributed by atoms with Crippen LogP contribution in [0.15, 0.2) is 0 Å². The Labute approximate surface area is 102 Å². The van der Waals surface area contributed by atoms with Crippen LogP contribution in [0.4, 0.5) is 0 Å². The van der Waals surface area contributed by atoms with Crippen molar-refractivity contribution in [3.63, 3.8) is 0 Å². The van der Waals surface area contributed by atoms with Crippen molar-refractivity contribution in [1.29, 1.82) is 0 Å². The molecule has 0 atom stereocenters. The van der Waals surface area contributed by atoms with Crippen molar-refractivity contribution in [3.05, 3.63) is 0 Å². The van der Waals surface area contributed by atoms with Crippen molar-refractivity contribution in [3.8, 4) is 0 Å². The molecular weight excluding hydrogens is 122 g/mol. The fourth-order valence-corrected chi connectivity index (χ4v) is 0. The SMILES string of the molecule is CO.O.O.[KH].[NaH]. The van der Waals surface area contributed by atoms with Gasteiger partial charge in [-0.05, 0) is 0 Å². The molecule has 0 fully saturated rings. The van der Waals surface area contributed by atoms with Crippen molar-refractivity contribution in [2.24, 2.45) is 0 Å². The van der Waals surface area contributed by atoms with E-state index in [9.17, 15) is 0 Å². The van der Waals surface area contributed by atoms with Crippen LogP contribution in [0.2, 0.25) is 0 Å². The Balaban J connectivity index is -0.000000000833. The summed E-state index contributed by atoms with van der Waals surface area (Å²) >= 11 is 0. The van der Waals surface area contributed by atoms with Crippen molar-refractivity contribution < 1.29 is 16.1 Å². The van der Waals surface area contributed by atoms with Gasteiger partial charge in [-0.25, -0.2) is 0 Å². The zero-order chi connectivity index (χ0) is 2.00. The summed E-state index contributed by atoms with van der Waals surface area (Å²) in [6.45, 7) is 0. The Kier molecular flexibility index (Phi) is 327. The number of hydrogen-bond donors (Lipinski definition) is 1. The summed E-state index contributed by atoms with van der Waals surface area (Å²) in [7, 11) is 1.00. The molecule has 3 nitrogen and oxygen atoms in total. The molecule has 0 aromatic heterocycles. The van der Waals surface area contributed by atoms with E-state index in [-0.39, 0.29) is 91.9 Å². The van der Waals surface area contributed by atoms with Crippen molar-refractivity contribution in [2.45, 2.75) is 0 Å². The molecule has 0 rings (SSSR count). The summed E-state index contributed by atoms with van der Waals surface area (Å²) in [5, 5.41) is 7.00. The molecule has 0 unspecified atom stereocenters. The van der Waals surface area contributed by atoms with Crippen molar-refractivity contribution in [1.82, 2.24) is 0 Å². The number of hydrogen-bond acceptors (Lipinski definition) is 1. The first kappa shape index (κ1) is 38.9. The summed E-state index contributed by atoms with van der Waals surface area (Å²) in [5.41, 5.74) is 0. The minimum atomic E-state index is 0. The normalized spacial score (nSPS) is 1.00. The van der Waals surface area contributed by atoms with E-state index in [4.69, 9.17) is 5.11 Å². The Morgan fingerprint density at radius 3 is 1.00 bits per heavy atom. The predicted molar refractivity (Wildman–Crippen MR) is 29.7 cm³/mol. The van der Waals surface area contributed by atoms with Crippen LogP contribution >= 0.6 is 0 Å². The first-order valence-corrected chi connectivity index (χ1v) is 0.447. The van der Waals surface area contributed by atoms with Crippen molar-refractivity contribution >= 4 is 80.9 Å². The van der Waals surface area contributed by atoms with E-state index in [1.807, 2.05) is 0 Å². The summed E-state index contributed by atoms with van der Waals surface area (Å²) in [4.78, 5) is 0. The Hall–Kier alpha value is 2.52. The number of aliphatic hydroxyl groups excluding tert-OH is 1. The van der Waals surface area contributed by atoms with E-state index in [0.29, 0.717) is 0 Å². The molecule has 0 aromatic rings. The van der Waals surface area contributed by atoms with Crippen LogP contribution in [0.5, 0.6) is 0 Å². The molecular formula is CH10KNaO3. The molecule has 5 N–H and O–H groups in total. The van der Waals surface area contributed by atoms with Crippen LogP contribution in [0, 0.1) is 0 Å². The average molecular weight is 132 g/mol. The third kappa shape index (κ3) is 31.3. The molecule has 5 heteroatoms. The van der Waals surface area contributed by atoms with Crippen LogP contribution < -0.4 is 0 Å². The maximum atomic E-state index is 7.00. The zero-order valence-electron chi connectivity index (χ0n) is 2.45. The Morgan fingerprint density at radius 2 is 1.00 bits per heavy atom. The van der Waals surface area contributed by atoms with Crippen LogP contribution in [-0.2, 0) is 0 Å². The molecule has 0 bridgehead atoms. The fraction of sp³-hybridized carbons (Fsp3) is 1.00. The summed E-state index contributed by atoms with van der Waals surface area (Å²) in [5.74, 6) is 0. The molecule has 0 spiro atoms. The third-order valence-electron chi connectivity index (χ3n) is 0. The molecule has 0 saturated heterocycles. The maximum absolute atomic E-state index is 7.00. The van der Waals surface area contributed by atoms with Crippen LogP contribution in [0.1, 0.15) is 0 Å². The van der Waals surface area contributed by atoms with Gasteiger partial charge in [0, 0.05) is 7.11 Å². The van der Waals surface area contributed by atoms with Gasteiger partial charge < -0.3 is 16.1 Å². The van der Waals surface area contributed by atoms with Crippen LogP contribution in [0.3, 0.4) is 0 Å². The average Bonchev–Trinajstić information content (AvgIpc) is 1.00. The first-order valence-electron chi connectivity index (χ1n) is 0.447. The third-order valence-corrected chi connectivity index (χ3v) is 0. The molecule has 0 aliphatic heterocycles. The van der Waals surface area contributed by atoms with Gasteiger partial charge in [0.25, 0.3) is 0 Å². The molecule has 0 aromatic carbocycles. The van der Waals surface area contributed by atoms with E-state index in [2.05, 4.69) is 0 Å². The van der Waals surface area contributed by atoms with E-state index in [0.717, 1.165) is 7.11 Å². The van der Waals surface area contributed by atoms with Crippen LogP contribution in [-0.4, -0.2) is 104 Å². The molecule has 0 radical (unpaired) electrons. The van der Waals surface area contributed by atoms with Gasteiger partial charge in [0.2, 0.25) is 0 Å². The predicted octanol–water partition coefficient (Wildman–Crippen LogP) is -3.34. The number of rotatable bonds is 0. The second kappa shape index (κ2) is 50.4. The quantitative estimate of drug-likeness (QED) is 0.343. The molecule has 34 valence electrons. The summed E-state index contributed by atoms with van der Waals surface area (Å²) < 4.78 is 0. The van der Waals surface area contributed by atoms with Crippen LogP contribution in [0.25, 0.3) is 0 Å². The van der Waals surface area contributed by atoms with E-state index < -0.39 is 0 Å². The molecule has 6 heavy (non-hydrogen) atoms. The van der Waals surface area contributed by atoms with Gasteiger partial charge in [-0.2, -0.15) is 0 Å². The van der Waals surface area contributed by atoms with Gasteiger partial charge in [0.15, 0.2) is 0 Å². The second-order valence-corrected chi connectivity index (χ2v) is 0. The molecule has 0 heterocycles. The molecule has 0 aliphatic carbocycles. The fourth-order valence-electron chi connectivity index (χ4n) is 0. The van der Waals surface area contributed by atoms with Gasteiger partial charge in [0.05, 0.1) is 0 Å². The van der Waals surface area contributed by atoms with Gasteiger partial charge >= 0.3 is 80.9 Å². The molecule has 0 aliphatic rings. The van der Waals surface area contributed by atoms with Gasteiger partial charge in [0.1, 0.15) is 0 Å². The van der Waals surface area contributed by atoms with E-state index >= 15 is 0 Å². The Bertz CT molecular complexity index is 10.8. The van der Waals surface area contributed by atoms with Gasteiger partial charge in [-0.15, -0.1) is 0 Å². The van der Waals surface area contributed by atoms with Crippen molar-refractivity contribution in [2.75, 3.05) is 7.11 Å². The standard InChI is InChI=1S/CH4O.K.Na.2H2O.2H/c1-2;;;;;;/h2H,1H3;;;2*1H2;;. The summed E-state index contributed by atoms with van der Waals surface area (Å²) in [6.07, 6.45) is 0. The topological polar surface area (TPSA) is 83.2 Å². The zero-order valence-corrected chi connectivity index (χ0v) is 2.45. The van der Waals surface area contributed by atoms with Gasteiger partial charge in [-0.3, -0.25) is 0 Å². The summed E-state index contributed by atoms with van der Waals surface area (Å²) in [6, 6.07) is 0. The number of aliphatic hydroxyl groups is 1. The Morgan fingerprint density at radius 1 is 1.00 bits per heavy atom. The first-order chi connectivity index (χ1) is 1.00. The van der Waals surface area contributed by atoms with Gasteiger partial charge in [-0.1, -0.05) is 0 Å². The molecule has 0 saturated carbocycles. The monoisotopic (exact) mass is 132 g/mol. The van der Waals surface area contributed by atoms with E-state index in [1.54, 1.807) is 0 Å². The van der Waals surface area contributed by atoms with E-state index in [1.165, 1.54) is 0 Å².